The maximum absolute atomic E-state index is 13.7. The first-order valence-corrected chi connectivity index (χ1v) is 12.2. The minimum absolute atomic E-state index is 0.0244. The van der Waals surface area contributed by atoms with Gasteiger partial charge in [-0.1, -0.05) is 72.1 Å². The van der Waals surface area contributed by atoms with Gasteiger partial charge in [-0.15, -0.1) is 0 Å². The van der Waals surface area contributed by atoms with Crippen LogP contribution < -0.4 is 5.32 Å². The summed E-state index contributed by atoms with van der Waals surface area (Å²) in [5, 5.41) is 0.403. The monoisotopic (exact) mass is 641 g/mol. The molecule has 3 nitrogen and oxygen atoms in total. The van der Waals surface area contributed by atoms with Gasteiger partial charge in [0.15, 0.2) is 5.78 Å². The third-order valence-corrected chi connectivity index (χ3v) is 6.83. The Balaban J connectivity index is 2.21. The summed E-state index contributed by atoms with van der Waals surface area (Å²) in [7, 11) is 0. The highest BCUT2D eigenvalue weighted by atomic mass is 35.5. The van der Waals surface area contributed by atoms with E-state index < -0.39 is 54.5 Å². The number of rotatable bonds is 8. The van der Waals surface area contributed by atoms with E-state index in [2.05, 4.69) is 0 Å². The Morgan fingerprint density at radius 1 is 0.875 bits per heavy atom. The number of carbonyl (C=O) groups excluding carboxylic acids is 2. The van der Waals surface area contributed by atoms with Crippen LogP contribution in [0.4, 0.5) is 39.5 Å². The lowest BCUT2D eigenvalue weighted by atomic mass is 9.93. The van der Waals surface area contributed by atoms with E-state index in [-0.39, 0.29) is 37.3 Å². The van der Waals surface area contributed by atoms with Crippen molar-refractivity contribution in [1.29, 1.82) is 0 Å². The van der Waals surface area contributed by atoms with Crippen LogP contribution in [0.1, 0.15) is 46.3 Å². The standard InChI is InChI=1S/C25H19Cl3F9NO2/c1-11-7-13(4-6-16(23(29,30)31)14-9-17(26)20(28)18(27)10-14)3-5-15(11)19(39)8-12(2)21(40)38-22(24(32,33)34)25(35,36)37/h3-7,9-10,12,16,22H,8H2,1-2H3,(H,38,40)/b6-4+. The van der Waals surface area contributed by atoms with Crippen LogP contribution in [0.25, 0.3) is 6.08 Å². The molecule has 2 atom stereocenters. The Bertz CT molecular complexity index is 1250. The normalized spacial score (nSPS) is 14.5. The van der Waals surface area contributed by atoms with Gasteiger partial charge in [-0.05, 0) is 35.7 Å². The molecule has 0 aliphatic rings. The fraction of sp³-hybridized carbons (Fsp3) is 0.360. The van der Waals surface area contributed by atoms with Crippen LogP contribution in [0.15, 0.2) is 36.4 Å². The van der Waals surface area contributed by atoms with Crippen molar-refractivity contribution in [3.8, 4) is 0 Å². The molecule has 0 saturated heterocycles. The third-order valence-electron chi connectivity index (χ3n) is 5.63. The van der Waals surface area contributed by atoms with Gasteiger partial charge in [-0.2, -0.15) is 39.5 Å². The number of Topliss-reactive ketones (excluding diaryl/α,β-unsaturated/α-hetero) is 1. The number of carbonyl (C=O) groups is 2. The molecular formula is C25H19Cl3F9NO2. The number of hydrogen-bond acceptors (Lipinski definition) is 2. The molecule has 2 unspecified atom stereocenters. The van der Waals surface area contributed by atoms with E-state index in [1.165, 1.54) is 25.1 Å². The van der Waals surface area contributed by atoms with E-state index in [4.69, 9.17) is 34.8 Å². The van der Waals surface area contributed by atoms with Crippen molar-refractivity contribution in [2.45, 2.75) is 50.8 Å². The molecular weight excluding hydrogens is 624 g/mol. The van der Waals surface area contributed by atoms with Crippen molar-refractivity contribution in [3.63, 3.8) is 0 Å². The van der Waals surface area contributed by atoms with Crippen molar-refractivity contribution in [3.05, 3.63) is 73.7 Å². The summed E-state index contributed by atoms with van der Waals surface area (Å²) in [5.41, 5.74) is 0.170. The van der Waals surface area contributed by atoms with E-state index in [0.717, 1.165) is 36.5 Å². The van der Waals surface area contributed by atoms with Crippen molar-refractivity contribution >= 4 is 52.6 Å². The molecule has 0 aromatic heterocycles. The number of hydrogen-bond donors (Lipinski definition) is 1. The molecule has 40 heavy (non-hydrogen) atoms. The van der Waals surface area contributed by atoms with Gasteiger partial charge < -0.3 is 5.32 Å². The zero-order valence-corrected chi connectivity index (χ0v) is 22.6. The molecule has 2 aromatic carbocycles. The number of nitrogens with one attached hydrogen (secondary N) is 1. The predicted octanol–water partition coefficient (Wildman–Crippen LogP) is 9.13. The quantitative estimate of drug-likeness (QED) is 0.177. The Kier molecular flexibility index (Phi) is 10.6. The molecule has 0 fully saturated rings. The van der Waals surface area contributed by atoms with Crippen molar-refractivity contribution in [2.24, 2.45) is 5.92 Å². The first kappa shape index (κ1) is 33.8. The molecule has 2 rings (SSSR count). The lowest BCUT2D eigenvalue weighted by molar-refractivity contribution is -0.257. The van der Waals surface area contributed by atoms with E-state index in [1.54, 1.807) is 0 Å². The van der Waals surface area contributed by atoms with Gasteiger partial charge in [0.1, 0.15) is 0 Å². The van der Waals surface area contributed by atoms with Gasteiger partial charge in [-0.3, -0.25) is 9.59 Å². The summed E-state index contributed by atoms with van der Waals surface area (Å²) in [4.78, 5) is 24.6. The summed E-state index contributed by atoms with van der Waals surface area (Å²) >= 11 is 17.5. The van der Waals surface area contributed by atoms with E-state index >= 15 is 0 Å². The molecule has 0 heterocycles. The Morgan fingerprint density at radius 3 is 1.85 bits per heavy atom. The summed E-state index contributed by atoms with van der Waals surface area (Å²) in [6.07, 6.45) is -15.1. The second-order valence-corrected chi connectivity index (χ2v) is 10.00. The SMILES string of the molecule is Cc1cc(/C=C/C(c2cc(Cl)c(Cl)c(Cl)c2)C(F)(F)F)ccc1C(=O)CC(C)C(=O)NC(C(F)(F)F)C(F)(F)F. The maximum atomic E-state index is 13.7. The predicted molar refractivity (Wildman–Crippen MR) is 133 cm³/mol. The number of amides is 1. The number of alkyl halides is 9. The molecule has 1 amide bonds. The second kappa shape index (κ2) is 12.6. The maximum Gasteiger partial charge on any atom is 0.417 e. The fourth-order valence-corrected chi connectivity index (χ4v) is 4.20. The number of ketones is 1. The number of aryl methyl sites for hydroxylation is 1. The average molecular weight is 643 g/mol. The smallest absolute Gasteiger partial charge is 0.337 e. The Hall–Kier alpha value is -2.44. The van der Waals surface area contributed by atoms with Gasteiger partial charge in [0.25, 0.3) is 0 Å². The van der Waals surface area contributed by atoms with Crippen LogP contribution in [0.5, 0.6) is 0 Å². The van der Waals surface area contributed by atoms with Gasteiger partial charge in [0.05, 0.1) is 21.0 Å². The second-order valence-electron chi connectivity index (χ2n) is 8.80. The van der Waals surface area contributed by atoms with E-state index in [1.807, 2.05) is 0 Å². The highest BCUT2D eigenvalue weighted by Gasteiger charge is 2.57. The van der Waals surface area contributed by atoms with Crippen LogP contribution in [-0.4, -0.2) is 36.3 Å². The molecule has 0 spiro atoms. The molecule has 220 valence electrons. The van der Waals surface area contributed by atoms with Crippen LogP contribution in [-0.2, 0) is 4.79 Å². The van der Waals surface area contributed by atoms with Gasteiger partial charge in [0.2, 0.25) is 11.9 Å². The van der Waals surface area contributed by atoms with Crippen molar-refractivity contribution in [2.75, 3.05) is 0 Å². The molecule has 2 aromatic rings. The third kappa shape index (κ3) is 8.78. The van der Waals surface area contributed by atoms with Crippen LogP contribution in [0.3, 0.4) is 0 Å². The highest BCUT2D eigenvalue weighted by molar-refractivity contribution is 6.48. The minimum atomic E-state index is -5.80. The van der Waals surface area contributed by atoms with Crippen LogP contribution in [0, 0.1) is 12.8 Å². The van der Waals surface area contributed by atoms with Crippen molar-refractivity contribution in [1.82, 2.24) is 5.32 Å². The molecule has 15 heteroatoms. The number of halogens is 12. The first-order chi connectivity index (χ1) is 18.1. The minimum Gasteiger partial charge on any atom is -0.337 e. The number of allylic oxidation sites excluding steroid dienone is 1. The largest absolute Gasteiger partial charge is 0.417 e. The Labute approximate surface area is 237 Å². The molecule has 0 bridgehead atoms. The summed E-state index contributed by atoms with van der Waals surface area (Å²) in [5.74, 6) is -6.09. The lowest BCUT2D eigenvalue weighted by Crippen LogP contribution is -2.55. The number of benzene rings is 2. The van der Waals surface area contributed by atoms with E-state index in [0.29, 0.717) is 0 Å². The molecule has 0 radical (unpaired) electrons. The van der Waals surface area contributed by atoms with Gasteiger partial charge in [0, 0.05) is 17.9 Å². The average Bonchev–Trinajstić information content (AvgIpc) is 2.78. The summed E-state index contributed by atoms with van der Waals surface area (Å²) in [6, 6.07) is 1.78. The zero-order chi connectivity index (χ0) is 30.8. The Morgan fingerprint density at radius 2 is 1.40 bits per heavy atom. The zero-order valence-electron chi connectivity index (χ0n) is 20.3. The summed E-state index contributed by atoms with van der Waals surface area (Å²) < 4.78 is 117. The highest BCUT2D eigenvalue weighted by Crippen LogP contribution is 2.41. The first-order valence-electron chi connectivity index (χ1n) is 11.1. The van der Waals surface area contributed by atoms with Gasteiger partial charge in [-0.25, -0.2) is 0 Å². The fourth-order valence-electron chi connectivity index (χ4n) is 3.59. The van der Waals surface area contributed by atoms with Crippen LogP contribution >= 0.6 is 34.8 Å². The van der Waals surface area contributed by atoms with Crippen LogP contribution in [0.2, 0.25) is 15.1 Å². The summed E-state index contributed by atoms with van der Waals surface area (Å²) in [6.45, 7) is 2.40. The molecule has 0 aliphatic carbocycles. The molecule has 0 saturated carbocycles. The molecule has 1 N–H and O–H groups in total. The topological polar surface area (TPSA) is 46.2 Å². The lowest BCUT2D eigenvalue weighted by Gasteiger charge is -2.25. The van der Waals surface area contributed by atoms with Crippen molar-refractivity contribution < 1.29 is 49.1 Å². The van der Waals surface area contributed by atoms with E-state index in [9.17, 15) is 49.1 Å². The molecule has 0 aliphatic heterocycles. The van der Waals surface area contributed by atoms with Gasteiger partial charge >= 0.3 is 18.5 Å².